The van der Waals surface area contributed by atoms with Gasteiger partial charge in [-0.2, -0.15) is 4.98 Å². The van der Waals surface area contributed by atoms with E-state index >= 15 is 0 Å². The van der Waals surface area contributed by atoms with E-state index in [4.69, 9.17) is 5.73 Å². The number of nitrogens with two attached hydrogens (primary N) is 1. The number of aliphatic hydroxyl groups is 3. The molecule has 1 aliphatic carbocycles. The molecule has 0 bridgehead atoms. The maximum atomic E-state index is 10.1. The van der Waals surface area contributed by atoms with Crippen LogP contribution in [0.1, 0.15) is 17.9 Å². The van der Waals surface area contributed by atoms with E-state index in [1.165, 1.54) is 0 Å². The summed E-state index contributed by atoms with van der Waals surface area (Å²) in [5.74, 6) is -1.09. The fraction of sp³-hybridized carbons (Fsp3) is 0.500. The number of nitrogens with zero attached hydrogens (tertiary/aromatic N) is 2. The number of nitrogen functional groups attached to an aromatic ring is 1. The number of aliphatic hydroxyl groups excluding tert-OH is 3. The molecule has 4 unspecified atom stereocenters. The van der Waals surface area contributed by atoms with Crippen molar-refractivity contribution >= 4 is 17.0 Å². The Bertz CT molecular complexity index is 644. The van der Waals surface area contributed by atoms with E-state index in [0.29, 0.717) is 23.0 Å². The van der Waals surface area contributed by atoms with Crippen LogP contribution in [-0.2, 0) is 0 Å². The summed E-state index contributed by atoms with van der Waals surface area (Å²) in [5.41, 5.74) is 6.92. The van der Waals surface area contributed by atoms with Gasteiger partial charge in [-0.3, -0.25) is 0 Å². The average molecular weight is 280 g/mol. The van der Waals surface area contributed by atoms with Gasteiger partial charge in [-0.25, -0.2) is 4.98 Å². The summed E-state index contributed by atoms with van der Waals surface area (Å²) in [6, 6.07) is 0. The summed E-state index contributed by atoms with van der Waals surface area (Å²) in [6.07, 6.45) is 0.0576. The summed E-state index contributed by atoms with van der Waals surface area (Å²) in [6.45, 7) is -0.195. The van der Waals surface area contributed by atoms with Gasteiger partial charge in [0.2, 0.25) is 11.8 Å². The van der Waals surface area contributed by atoms with E-state index in [0.717, 1.165) is 0 Å². The van der Waals surface area contributed by atoms with Crippen molar-refractivity contribution in [2.24, 2.45) is 5.92 Å². The van der Waals surface area contributed by atoms with Gasteiger partial charge in [0.05, 0.1) is 12.2 Å². The van der Waals surface area contributed by atoms with E-state index in [1.807, 2.05) is 0 Å². The molecule has 4 atom stereocenters. The molecule has 0 amide bonds. The molecule has 3 rings (SSSR count). The van der Waals surface area contributed by atoms with Crippen LogP contribution in [0.2, 0.25) is 0 Å². The van der Waals surface area contributed by atoms with E-state index in [1.54, 1.807) is 6.20 Å². The third-order valence-electron chi connectivity index (χ3n) is 3.99. The van der Waals surface area contributed by atoms with Crippen molar-refractivity contribution < 1.29 is 20.4 Å². The summed E-state index contributed by atoms with van der Waals surface area (Å²) in [5, 5.41) is 38.9. The van der Waals surface area contributed by atoms with Crippen molar-refractivity contribution in [3.63, 3.8) is 0 Å². The van der Waals surface area contributed by atoms with Crippen molar-refractivity contribution in [3.05, 3.63) is 11.8 Å². The zero-order valence-electron chi connectivity index (χ0n) is 10.6. The predicted octanol–water partition coefficient (Wildman–Crippen LogP) is -0.937. The molecule has 2 aromatic rings. The number of hydrogen-bond acceptors (Lipinski definition) is 7. The van der Waals surface area contributed by atoms with Crippen LogP contribution in [0.15, 0.2) is 6.20 Å². The quantitative estimate of drug-likeness (QED) is 0.416. The Kier molecular flexibility index (Phi) is 3.00. The molecule has 0 saturated heterocycles. The maximum absolute atomic E-state index is 10.1. The third-order valence-corrected chi connectivity index (χ3v) is 3.99. The lowest BCUT2D eigenvalue weighted by Crippen LogP contribution is -2.28. The van der Waals surface area contributed by atoms with Gasteiger partial charge in [0.25, 0.3) is 0 Å². The van der Waals surface area contributed by atoms with Gasteiger partial charge in [0.1, 0.15) is 11.0 Å². The topological polar surface area (TPSA) is 149 Å². The third kappa shape index (κ3) is 1.80. The Morgan fingerprint density at radius 3 is 2.70 bits per heavy atom. The van der Waals surface area contributed by atoms with Gasteiger partial charge in [-0.1, -0.05) is 0 Å². The molecule has 1 aliphatic rings. The van der Waals surface area contributed by atoms with E-state index < -0.39 is 12.2 Å². The molecule has 2 aromatic heterocycles. The summed E-state index contributed by atoms with van der Waals surface area (Å²) in [4.78, 5) is 10.6. The summed E-state index contributed by atoms with van der Waals surface area (Å²) < 4.78 is 0. The first-order valence-electron chi connectivity index (χ1n) is 6.33. The van der Waals surface area contributed by atoms with Crippen molar-refractivity contribution in [3.8, 4) is 5.88 Å². The van der Waals surface area contributed by atoms with Crippen molar-refractivity contribution in [1.29, 1.82) is 0 Å². The fourth-order valence-electron chi connectivity index (χ4n) is 2.92. The summed E-state index contributed by atoms with van der Waals surface area (Å²) in [7, 11) is 0. The SMILES string of the molecule is Nc1nc(O)c2[nH]cc(C3CC(CO)C(O)C3O)c2n1. The number of hydrogen-bond donors (Lipinski definition) is 6. The largest absolute Gasteiger partial charge is 0.492 e. The van der Waals surface area contributed by atoms with E-state index in [9.17, 15) is 20.4 Å². The minimum atomic E-state index is -0.996. The second-order valence-electron chi connectivity index (χ2n) is 5.14. The van der Waals surface area contributed by atoms with Gasteiger partial charge >= 0.3 is 0 Å². The van der Waals surface area contributed by atoms with Crippen molar-refractivity contribution in [2.75, 3.05) is 12.3 Å². The minimum absolute atomic E-state index is 0.0670. The molecule has 1 fully saturated rings. The normalized spacial score (nSPS) is 30.1. The minimum Gasteiger partial charge on any atom is -0.492 e. The number of anilines is 1. The Labute approximate surface area is 113 Å². The predicted molar refractivity (Wildman–Crippen MR) is 69.9 cm³/mol. The molecule has 7 N–H and O–H groups in total. The molecule has 8 nitrogen and oxygen atoms in total. The van der Waals surface area contributed by atoms with Gasteiger partial charge < -0.3 is 31.1 Å². The van der Waals surface area contributed by atoms with Crippen LogP contribution in [0.3, 0.4) is 0 Å². The lowest BCUT2D eigenvalue weighted by Gasteiger charge is -2.16. The van der Waals surface area contributed by atoms with E-state index in [2.05, 4.69) is 15.0 Å². The zero-order valence-corrected chi connectivity index (χ0v) is 10.6. The molecule has 0 aliphatic heterocycles. The first-order chi connectivity index (χ1) is 9.52. The highest BCUT2D eigenvalue weighted by Gasteiger charge is 2.42. The number of aromatic nitrogens is 3. The summed E-state index contributed by atoms with van der Waals surface area (Å²) >= 11 is 0. The van der Waals surface area contributed by atoms with Crippen molar-refractivity contribution in [2.45, 2.75) is 24.5 Å². The Morgan fingerprint density at radius 1 is 1.30 bits per heavy atom. The highest BCUT2D eigenvalue weighted by Crippen LogP contribution is 2.41. The number of aromatic amines is 1. The van der Waals surface area contributed by atoms with Crippen LogP contribution in [-0.4, -0.2) is 54.2 Å². The van der Waals surface area contributed by atoms with Gasteiger partial charge in [0.15, 0.2) is 0 Å². The molecular formula is C12H16N4O4. The van der Waals surface area contributed by atoms with Gasteiger partial charge in [-0.15, -0.1) is 0 Å². The smallest absolute Gasteiger partial charge is 0.240 e. The Morgan fingerprint density at radius 2 is 2.05 bits per heavy atom. The van der Waals surface area contributed by atoms with Crippen LogP contribution < -0.4 is 5.73 Å². The molecule has 20 heavy (non-hydrogen) atoms. The number of H-pyrrole nitrogens is 1. The standard InChI is InChI=1S/C12H16N4O4/c13-12-15-7-6(2-14-8(7)11(20)16-12)5-1-4(3-17)9(18)10(5)19/h2,4-5,9-10,14,17-19H,1,3H2,(H3,13,15,16,20). The highest BCUT2D eigenvalue weighted by molar-refractivity contribution is 5.84. The molecule has 2 heterocycles. The molecule has 0 radical (unpaired) electrons. The number of rotatable bonds is 2. The van der Waals surface area contributed by atoms with Crippen LogP contribution in [0, 0.1) is 5.92 Å². The molecule has 0 aromatic carbocycles. The van der Waals surface area contributed by atoms with Gasteiger partial charge in [0, 0.05) is 30.2 Å². The molecule has 0 spiro atoms. The van der Waals surface area contributed by atoms with Crippen LogP contribution in [0.25, 0.3) is 11.0 Å². The highest BCUT2D eigenvalue weighted by atomic mass is 16.3. The van der Waals surface area contributed by atoms with Gasteiger partial charge in [-0.05, 0) is 6.42 Å². The first kappa shape index (κ1) is 13.1. The van der Waals surface area contributed by atoms with Crippen LogP contribution in [0.4, 0.5) is 5.95 Å². The first-order valence-corrected chi connectivity index (χ1v) is 6.33. The monoisotopic (exact) mass is 280 g/mol. The Hall–Kier alpha value is -1.90. The Balaban J connectivity index is 2.07. The van der Waals surface area contributed by atoms with Crippen LogP contribution >= 0.6 is 0 Å². The lowest BCUT2D eigenvalue weighted by molar-refractivity contribution is 0.00241. The fourth-order valence-corrected chi connectivity index (χ4v) is 2.92. The molecular weight excluding hydrogens is 264 g/mol. The molecule has 1 saturated carbocycles. The number of aromatic hydroxyl groups is 1. The van der Waals surface area contributed by atoms with Crippen LogP contribution in [0.5, 0.6) is 5.88 Å². The lowest BCUT2D eigenvalue weighted by atomic mass is 9.96. The zero-order chi connectivity index (χ0) is 14.4. The average Bonchev–Trinajstić information content (AvgIpc) is 2.93. The maximum Gasteiger partial charge on any atom is 0.240 e. The van der Waals surface area contributed by atoms with E-state index in [-0.39, 0.29) is 30.3 Å². The molecule has 108 valence electrons. The molecule has 8 heteroatoms. The number of fused-ring (bicyclic) bond motifs is 1. The van der Waals surface area contributed by atoms with Crippen molar-refractivity contribution in [1.82, 2.24) is 15.0 Å². The second kappa shape index (κ2) is 4.58. The number of nitrogens with one attached hydrogen (secondary N) is 1. The second-order valence-corrected chi connectivity index (χ2v) is 5.14.